The Balaban J connectivity index is 1.91. The molecule has 25 heavy (non-hydrogen) atoms. The number of nitrogens with two attached hydrogens (primary N) is 1. The van der Waals surface area contributed by atoms with Gasteiger partial charge in [-0.1, -0.05) is 52.2 Å². The van der Waals surface area contributed by atoms with Gasteiger partial charge >= 0.3 is 0 Å². The van der Waals surface area contributed by atoms with Crippen molar-refractivity contribution in [3.8, 4) is 0 Å². The van der Waals surface area contributed by atoms with Crippen molar-refractivity contribution in [2.45, 2.75) is 69.2 Å². The van der Waals surface area contributed by atoms with Crippen molar-refractivity contribution < 1.29 is 8.42 Å². The second kappa shape index (κ2) is 8.21. The molecule has 2 rings (SSSR count). The Morgan fingerprint density at radius 1 is 1.16 bits per heavy atom. The summed E-state index contributed by atoms with van der Waals surface area (Å²) in [6.45, 7) is 6.49. The zero-order valence-corrected chi connectivity index (χ0v) is 16.4. The first-order chi connectivity index (χ1) is 11.7. The van der Waals surface area contributed by atoms with Crippen LogP contribution in [0.1, 0.15) is 58.4 Å². The number of hydrogen-bond donors (Lipinski definition) is 2. The molecule has 1 aliphatic rings. The molecule has 0 spiro atoms. The maximum absolute atomic E-state index is 12.4. The Kier molecular flexibility index (Phi) is 6.49. The van der Waals surface area contributed by atoms with Crippen molar-refractivity contribution in [3.05, 3.63) is 29.8 Å². The molecule has 0 aromatic heterocycles. The largest absolute Gasteiger partial charge is 0.370 e. The molecule has 5 nitrogen and oxygen atoms in total. The van der Waals surface area contributed by atoms with Crippen LogP contribution in [0.15, 0.2) is 34.2 Å². The van der Waals surface area contributed by atoms with Crippen molar-refractivity contribution in [3.63, 3.8) is 0 Å². The topological polar surface area (TPSA) is 84.5 Å². The number of sulfone groups is 1. The van der Waals surface area contributed by atoms with E-state index in [1.807, 2.05) is 12.1 Å². The van der Waals surface area contributed by atoms with Gasteiger partial charge in [-0.15, -0.1) is 0 Å². The van der Waals surface area contributed by atoms with E-state index in [1.54, 1.807) is 12.1 Å². The molecule has 0 atom stereocenters. The highest BCUT2D eigenvalue weighted by atomic mass is 32.2. The highest BCUT2D eigenvalue weighted by molar-refractivity contribution is 7.91. The lowest BCUT2D eigenvalue weighted by molar-refractivity contribution is 0.412. The average Bonchev–Trinajstić information content (AvgIpc) is 2.55. The van der Waals surface area contributed by atoms with E-state index in [1.165, 1.54) is 19.3 Å². The minimum atomic E-state index is -3.34. The molecule has 1 fully saturated rings. The highest BCUT2D eigenvalue weighted by Crippen LogP contribution is 2.23. The van der Waals surface area contributed by atoms with Gasteiger partial charge in [0.05, 0.1) is 17.2 Å². The smallest absolute Gasteiger partial charge is 0.188 e. The van der Waals surface area contributed by atoms with Gasteiger partial charge in [0.15, 0.2) is 15.8 Å². The Bertz CT molecular complexity index is 682. The summed E-state index contributed by atoms with van der Waals surface area (Å²) in [6.07, 6.45) is 5.92. The number of benzene rings is 1. The maximum Gasteiger partial charge on any atom is 0.188 e. The van der Waals surface area contributed by atoms with Crippen LogP contribution in [-0.4, -0.2) is 32.7 Å². The van der Waals surface area contributed by atoms with Gasteiger partial charge < -0.3 is 11.1 Å². The van der Waals surface area contributed by atoms with Gasteiger partial charge in [-0.2, -0.15) is 0 Å². The number of nitrogens with one attached hydrogen (secondary N) is 1. The molecule has 1 saturated carbocycles. The maximum atomic E-state index is 12.4. The normalized spacial score (nSPS) is 17.5. The number of aliphatic imine (C=N–C) groups is 1. The third-order valence-corrected chi connectivity index (χ3v) is 6.39. The van der Waals surface area contributed by atoms with Crippen LogP contribution in [0.5, 0.6) is 0 Å². The molecular formula is C19H31N3O2S. The monoisotopic (exact) mass is 365 g/mol. The molecule has 6 heteroatoms. The Labute approximate surface area is 152 Å². The standard InChI is InChI=1S/C19H31N3O2S/c1-19(2,3)15-9-11-17(12-10-15)25(23,24)14-13-21-18(20)22-16-7-5-4-6-8-16/h9-12,16H,4-8,13-14H2,1-3H3,(H3,20,21,22). The summed E-state index contributed by atoms with van der Waals surface area (Å²) in [5.41, 5.74) is 7.01. The molecule has 1 aliphatic carbocycles. The van der Waals surface area contributed by atoms with Gasteiger partial charge in [-0.25, -0.2) is 8.42 Å². The molecule has 3 N–H and O–H groups in total. The average molecular weight is 366 g/mol. The van der Waals surface area contributed by atoms with Crippen LogP contribution in [0.25, 0.3) is 0 Å². The van der Waals surface area contributed by atoms with Crippen LogP contribution in [-0.2, 0) is 15.3 Å². The van der Waals surface area contributed by atoms with E-state index in [2.05, 4.69) is 31.1 Å². The van der Waals surface area contributed by atoms with Crippen molar-refractivity contribution in [2.24, 2.45) is 10.7 Å². The second-order valence-corrected chi connectivity index (χ2v) is 9.95. The van der Waals surface area contributed by atoms with E-state index in [4.69, 9.17) is 5.73 Å². The molecule has 0 heterocycles. The molecule has 0 unspecified atom stereocenters. The molecule has 0 radical (unpaired) electrons. The molecule has 1 aromatic rings. The highest BCUT2D eigenvalue weighted by Gasteiger charge is 2.18. The summed E-state index contributed by atoms with van der Waals surface area (Å²) in [6, 6.07) is 7.51. The molecular weight excluding hydrogens is 334 g/mol. The molecule has 0 aliphatic heterocycles. The van der Waals surface area contributed by atoms with Crippen LogP contribution >= 0.6 is 0 Å². The van der Waals surface area contributed by atoms with E-state index < -0.39 is 9.84 Å². The first-order valence-corrected chi connectivity index (χ1v) is 10.7. The van der Waals surface area contributed by atoms with Gasteiger partial charge in [0.25, 0.3) is 0 Å². The van der Waals surface area contributed by atoms with Gasteiger partial charge in [-0.3, -0.25) is 4.99 Å². The third-order valence-electron chi connectivity index (χ3n) is 4.68. The minimum absolute atomic E-state index is 0.00578. The van der Waals surface area contributed by atoms with Gasteiger partial charge in [0, 0.05) is 6.04 Å². The van der Waals surface area contributed by atoms with Gasteiger partial charge in [0.1, 0.15) is 0 Å². The summed E-state index contributed by atoms with van der Waals surface area (Å²) < 4.78 is 24.9. The molecule has 1 aromatic carbocycles. The molecule has 0 amide bonds. The van der Waals surface area contributed by atoms with E-state index in [0.29, 0.717) is 16.9 Å². The first kappa shape index (κ1) is 19.8. The lowest BCUT2D eigenvalue weighted by atomic mass is 9.87. The van der Waals surface area contributed by atoms with E-state index >= 15 is 0 Å². The predicted molar refractivity (Wildman–Crippen MR) is 104 cm³/mol. The van der Waals surface area contributed by atoms with Crippen molar-refractivity contribution in [1.29, 1.82) is 0 Å². The second-order valence-electron chi connectivity index (χ2n) is 7.84. The van der Waals surface area contributed by atoms with E-state index in [9.17, 15) is 8.42 Å². The zero-order chi connectivity index (χ0) is 18.5. The SMILES string of the molecule is CC(C)(C)c1ccc(S(=O)(=O)CCN=C(N)NC2CCCCC2)cc1. The number of nitrogens with zero attached hydrogens (tertiary/aromatic N) is 1. The number of rotatable bonds is 5. The van der Waals surface area contributed by atoms with Crippen LogP contribution < -0.4 is 11.1 Å². The lowest BCUT2D eigenvalue weighted by Crippen LogP contribution is -2.41. The quantitative estimate of drug-likeness (QED) is 0.620. The Morgan fingerprint density at radius 3 is 2.32 bits per heavy atom. The van der Waals surface area contributed by atoms with Crippen LogP contribution in [0.4, 0.5) is 0 Å². The predicted octanol–water partition coefficient (Wildman–Crippen LogP) is 2.99. The molecule has 140 valence electrons. The van der Waals surface area contributed by atoms with Crippen LogP contribution in [0, 0.1) is 0 Å². The summed E-state index contributed by atoms with van der Waals surface area (Å²) >= 11 is 0. The van der Waals surface area contributed by atoms with Gasteiger partial charge in [0.2, 0.25) is 0 Å². The van der Waals surface area contributed by atoms with Crippen molar-refractivity contribution in [2.75, 3.05) is 12.3 Å². The first-order valence-electron chi connectivity index (χ1n) is 9.08. The lowest BCUT2D eigenvalue weighted by Gasteiger charge is -2.23. The van der Waals surface area contributed by atoms with Crippen molar-refractivity contribution in [1.82, 2.24) is 5.32 Å². The third kappa shape index (κ3) is 6.03. The Hall–Kier alpha value is -1.56. The Morgan fingerprint density at radius 2 is 1.76 bits per heavy atom. The fourth-order valence-corrected chi connectivity index (χ4v) is 4.19. The number of guanidine groups is 1. The van der Waals surface area contributed by atoms with E-state index in [0.717, 1.165) is 18.4 Å². The number of hydrogen-bond acceptors (Lipinski definition) is 3. The zero-order valence-electron chi connectivity index (χ0n) is 15.6. The molecule has 0 saturated heterocycles. The summed E-state index contributed by atoms with van der Waals surface area (Å²) in [4.78, 5) is 4.53. The summed E-state index contributed by atoms with van der Waals surface area (Å²) in [7, 11) is -3.34. The summed E-state index contributed by atoms with van der Waals surface area (Å²) in [5.74, 6) is 0.319. The van der Waals surface area contributed by atoms with Crippen LogP contribution in [0.2, 0.25) is 0 Å². The van der Waals surface area contributed by atoms with E-state index in [-0.39, 0.29) is 17.7 Å². The van der Waals surface area contributed by atoms with Crippen LogP contribution in [0.3, 0.4) is 0 Å². The fraction of sp³-hybridized carbons (Fsp3) is 0.632. The summed E-state index contributed by atoms with van der Waals surface area (Å²) in [5, 5.41) is 3.20. The fourth-order valence-electron chi connectivity index (χ4n) is 3.07. The molecule has 0 bridgehead atoms. The minimum Gasteiger partial charge on any atom is -0.370 e. The van der Waals surface area contributed by atoms with Crippen molar-refractivity contribution >= 4 is 15.8 Å². The van der Waals surface area contributed by atoms with Gasteiger partial charge in [-0.05, 0) is 36.0 Å².